The standard InChI is InChI=1S/C18H23N3O3/c1-18(23,13-6-8-14(24-3)9-7-13)16-5-4-12-21(16)17(22)15-10-11-19-20(15)2/h6-11,16,23H,4-5,12H2,1-3H3/t16-,18-/m1/s1. The lowest BCUT2D eigenvalue weighted by molar-refractivity contribution is -0.0180. The molecule has 1 amide bonds. The van der Waals surface area contributed by atoms with Crippen LogP contribution in [0.2, 0.25) is 0 Å². The Bertz CT molecular complexity index is 721. The molecular formula is C18H23N3O3. The second kappa shape index (κ2) is 6.28. The van der Waals surface area contributed by atoms with Crippen LogP contribution in [0.5, 0.6) is 5.75 Å². The van der Waals surface area contributed by atoms with Crippen LogP contribution in [-0.2, 0) is 12.6 Å². The zero-order valence-electron chi connectivity index (χ0n) is 14.3. The number of nitrogens with zero attached hydrogens (tertiary/aromatic N) is 3. The van der Waals surface area contributed by atoms with E-state index in [4.69, 9.17) is 4.74 Å². The molecule has 1 aromatic heterocycles. The summed E-state index contributed by atoms with van der Waals surface area (Å²) in [5.74, 6) is 0.648. The molecule has 0 saturated carbocycles. The van der Waals surface area contributed by atoms with Crippen molar-refractivity contribution in [2.24, 2.45) is 7.05 Å². The van der Waals surface area contributed by atoms with Gasteiger partial charge in [-0.25, -0.2) is 0 Å². The lowest BCUT2D eigenvalue weighted by Gasteiger charge is -2.37. The number of aryl methyl sites for hydroxylation is 1. The van der Waals surface area contributed by atoms with Crippen LogP contribution < -0.4 is 4.74 Å². The Labute approximate surface area is 141 Å². The average Bonchev–Trinajstić information content (AvgIpc) is 3.23. The topological polar surface area (TPSA) is 67.6 Å². The Morgan fingerprint density at radius 2 is 2.04 bits per heavy atom. The molecule has 3 rings (SSSR count). The molecule has 2 atom stereocenters. The van der Waals surface area contributed by atoms with Gasteiger partial charge in [-0.2, -0.15) is 5.10 Å². The smallest absolute Gasteiger partial charge is 0.272 e. The highest BCUT2D eigenvalue weighted by Gasteiger charge is 2.43. The number of benzene rings is 1. The summed E-state index contributed by atoms with van der Waals surface area (Å²) < 4.78 is 6.74. The highest BCUT2D eigenvalue weighted by molar-refractivity contribution is 5.93. The summed E-state index contributed by atoms with van der Waals surface area (Å²) >= 11 is 0. The van der Waals surface area contributed by atoms with Crippen molar-refractivity contribution in [2.75, 3.05) is 13.7 Å². The van der Waals surface area contributed by atoms with Crippen LogP contribution in [0.1, 0.15) is 35.8 Å². The number of ether oxygens (including phenoxy) is 1. The van der Waals surface area contributed by atoms with E-state index in [0.717, 1.165) is 24.2 Å². The molecule has 1 aliphatic heterocycles. The molecule has 1 saturated heterocycles. The largest absolute Gasteiger partial charge is 0.497 e. The molecule has 0 radical (unpaired) electrons. The number of aromatic nitrogens is 2. The third-order valence-corrected chi connectivity index (χ3v) is 4.88. The summed E-state index contributed by atoms with van der Waals surface area (Å²) in [7, 11) is 3.36. The van der Waals surface area contributed by atoms with Gasteiger partial charge in [0.05, 0.1) is 13.2 Å². The maximum absolute atomic E-state index is 12.9. The minimum absolute atomic E-state index is 0.0914. The lowest BCUT2D eigenvalue weighted by Crippen LogP contribution is -2.48. The first kappa shape index (κ1) is 16.5. The molecule has 128 valence electrons. The molecule has 1 fully saturated rings. The van der Waals surface area contributed by atoms with Gasteiger partial charge in [0.15, 0.2) is 0 Å². The van der Waals surface area contributed by atoms with E-state index in [2.05, 4.69) is 5.10 Å². The fourth-order valence-corrected chi connectivity index (χ4v) is 3.45. The van der Waals surface area contributed by atoms with Crippen molar-refractivity contribution < 1.29 is 14.6 Å². The molecule has 1 N–H and O–H groups in total. The number of amides is 1. The molecule has 0 aliphatic carbocycles. The van der Waals surface area contributed by atoms with E-state index in [1.54, 1.807) is 42.9 Å². The number of methoxy groups -OCH3 is 1. The Balaban J connectivity index is 1.88. The van der Waals surface area contributed by atoms with E-state index in [0.29, 0.717) is 12.2 Å². The Morgan fingerprint density at radius 3 is 2.62 bits per heavy atom. The van der Waals surface area contributed by atoms with Gasteiger partial charge < -0.3 is 14.7 Å². The minimum Gasteiger partial charge on any atom is -0.497 e. The van der Waals surface area contributed by atoms with Gasteiger partial charge in [0.25, 0.3) is 5.91 Å². The molecule has 2 heterocycles. The lowest BCUT2D eigenvalue weighted by atomic mass is 9.86. The van der Waals surface area contributed by atoms with Crippen LogP contribution >= 0.6 is 0 Å². The van der Waals surface area contributed by atoms with Crippen LogP contribution in [-0.4, -0.2) is 45.4 Å². The normalized spacial score (nSPS) is 20.0. The van der Waals surface area contributed by atoms with Gasteiger partial charge in [-0.15, -0.1) is 0 Å². The van der Waals surface area contributed by atoms with Crippen molar-refractivity contribution in [3.8, 4) is 5.75 Å². The number of rotatable bonds is 4. The van der Waals surface area contributed by atoms with Gasteiger partial charge in [-0.3, -0.25) is 9.48 Å². The molecule has 1 aromatic carbocycles. The molecule has 1 aliphatic rings. The number of likely N-dealkylation sites (tertiary alicyclic amines) is 1. The molecule has 24 heavy (non-hydrogen) atoms. The highest BCUT2D eigenvalue weighted by Crippen LogP contribution is 2.36. The number of hydrogen-bond donors (Lipinski definition) is 1. The van der Waals surface area contributed by atoms with Crippen LogP contribution in [0.3, 0.4) is 0 Å². The first-order chi connectivity index (χ1) is 11.4. The summed E-state index contributed by atoms with van der Waals surface area (Å²) in [6, 6.07) is 8.79. The Kier molecular flexibility index (Phi) is 4.32. The maximum atomic E-state index is 12.9. The monoisotopic (exact) mass is 329 g/mol. The van der Waals surface area contributed by atoms with Crippen LogP contribution in [0.4, 0.5) is 0 Å². The van der Waals surface area contributed by atoms with Crippen LogP contribution in [0, 0.1) is 0 Å². The third-order valence-electron chi connectivity index (χ3n) is 4.88. The molecule has 6 nitrogen and oxygen atoms in total. The summed E-state index contributed by atoms with van der Waals surface area (Å²) in [5.41, 5.74) is 0.183. The molecular weight excluding hydrogens is 306 g/mol. The van der Waals surface area contributed by atoms with Crippen molar-refractivity contribution in [2.45, 2.75) is 31.4 Å². The van der Waals surface area contributed by atoms with Gasteiger partial charge in [0, 0.05) is 19.8 Å². The van der Waals surface area contributed by atoms with E-state index in [1.807, 2.05) is 24.3 Å². The maximum Gasteiger partial charge on any atom is 0.272 e. The van der Waals surface area contributed by atoms with Crippen molar-refractivity contribution in [3.05, 3.63) is 47.8 Å². The predicted molar refractivity (Wildman–Crippen MR) is 89.8 cm³/mol. The molecule has 2 aromatic rings. The minimum atomic E-state index is -1.13. The van der Waals surface area contributed by atoms with Crippen LogP contribution in [0.25, 0.3) is 0 Å². The number of carbonyl (C=O) groups is 1. The van der Waals surface area contributed by atoms with E-state index < -0.39 is 5.60 Å². The third kappa shape index (κ3) is 2.78. The predicted octanol–water partition coefficient (Wildman–Crippen LogP) is 1.94. The quantitative estimate of drug-likeness (QED) is 0.931. The van der Waals surface area contributed by atoms with Gasteiger partial charge in [-0.1, -0.05) is 12.1 Å². The van der Waals surface area contributed by atoms with Crippen molar-refractivity contribution >= 4 is 5.91 Å². The first-order valence-corrected chi connectivity index (χ1v) is 8.11. The summed E-state index contributed by atoms with van der Waals surface area (Å²) in [4.78, 5) is 14.6. The van der Waals surface area contributed by atoms with E-state index >= 15 is 0 Å². The zero-order chi connectivity index (χ0) is 17.3. The fraction of sp³-hybridized carbons (Fsp3) is 0.444. The second-order valence-electron chi connectivity index (χ2n) is 6.37. The second-order valence-corrected chi connectivity index (χ2v) is 6.37. The fourth-order valence-electron chi connectivity index (χ4n) is 3.45. The number of hydrogen-bond acceptors (Lipinski definition) is 4. The van der Waals surface area contributed by atoms with Gasteiger partial charge >= 0.3 is 0 Å². The van der Waals surface area contributed by atoms with Crippen molar-refractivity contribution in [3.63, 3.8) is 0 Å². The zero-order valence-corrected chi connectivity index (χ0v) is 14.3. The van der Waals surface area contributed by atoms with E-state index in [-0.39, 0.29) is 11.9 Å². The molecule has 0 unspecified atom stereocenters. The molecule has 6 heteroatoms. The summed E-state index contributed by atoms with van der Waals surface area (Å²) in [6.45, 7) is 2.41. The molecule has 0 spiro atoms. The Hall–Kier alpha value is -2.34. The van der Waals surface area contributed by atoms with Crippen LogP contribution in [0.15, 0.2) is 36.5 Å². The first-order valence-electron chi connectivity index (χ1n) is 8.11. The number of aliphatic hydroxyl groups is 1. The van der Waals surface area contributed by atoms with Crippen molar-refractivity contribution in [1.29, 1.82) is 0 Å². The van der Waals surface area contributed by atoms with Gasteiger partial charge in [-0.05, 0) is 43.5 Å². The number of carbonyl (C=O) groups excluding carboxylic acids is 1. The summed E-state index contributed by atoms with van der Waals surface area (Å²) in [6.07, 6.45) is 3.25. The highest BCUT2D eigenvalue weighted by atomic mass is 16.5. The van der Waals surface area contributed by atoms with Gasteiger partial charge in [0.2, 0.25) is 0 Å². The van der Waals surface area contributed by atoms with Crippen molar-refractivity contribution in [1.82, 2.24) is 14.7 Å². The van der Waals surface area contributed by atoms with Gasteiger partial charge in [0.1, 0.15) is 17.0 Å². The van der Waals surface area contributed by atoms with E-state index in [9.17, 15) is 9.90 Å². The molecule has 0 bridgehead atoms. The SMILES string of the molecule is COc1ccc([C@@](C)(O)[C@H]2CCCN2C(=O)c2ccnn2C)cc1. The Morgan fingerprint density at radius 1 is 1.33 bits per heavy atom. The van der Waals surface area contributed by atoms with E-state index in [1.165, 1.54) is 0 Å². The summed E-state index contributed by atoms with van der Waals surface area (Å²) in [5, 5.41) is 15.2. The average molecular weight is 329 g/mol.